The fourth-order valence-corrected chi connectivity index (χ4v) is 2.31. The lowest BCUT2D eigenvalue weighted by atomic mass is 10.1. The number of hydrogen-bond donors (Lipinski definition) is 2. The molecule has 0 aliphatic heterocycles. The first kappa shape index (κ1) is 15.3. The number of halogens is 2. The number of nitrogens with one attached hydrogen (secondary N) is 2. The molecule has 1 aliphatic rings. The minimum atomic E-state index is -0.221. The van der Waals surface area contributed by atoms with Gasteiger partial charge in [0.15, 0.2) is 5.96 Å². The molecule has 0 bridgehead atoms. The highest BCUT2D eigenvalue weighted by Crippen LogP contribution is 2.28. The molecule has 1 saturated carbocycles. The zero-order chi connectivity index (χ0) is 14.4. The molecule has 110 valence electrons. The molecular weight excluding hydrogens is 321 g/mol. The van der Waals surface area contributed by atoms with Crippen molar-refractivity contribution in [3.8, 4) is 0 Å². The lowest BCUT2D eigenvalue weighted by Gasteiger charge is -2.11. The zero-order valence-electron chi connectivity index (χ0n) is 11.8. The van der Waals surface area contributed by atoms with E-state index in [1.165, 1.54) is 18.9 Å². The molecule has 1 aromatic rings. The van der Waals surface area contributed by atoms with Gasteiger partial charge in [-0.3, -0.25) is 4.99 Å². The Kier molecular flexibility index (Phi) is 5.83. The number of hydrogen-bond acceptors (Lipinski definition) is 1. The predicted octanol–water partition coefficient (Wildman–Crippen LogP) is 3.10. The van der Waals surface area contributed by atoms with E-state index in [0.717, 1.165) is 43.5 Å². The number of benzene rings is 1. The van der Waals surface area contributed by atoms with Crippen LogP contribution >= 0.6 is 15.9 Å². The Hall–Kier alpha value is -1.10. The zero-order valence-corrected chi connectivity index (χ0v) is 13.3. The molecule has 1 fully saturated rings. The van der Waals surface area contributed by atoms with Crippen LogP contribution in [0.5, 0.6) is 0 Å². The molecule has 2 N–H and O–H groups in total. The standard InChI is InChI=1S/C15H21BrFN3/c1-2-18-15(20-10-12-3-4-12)19-8-7-11-5-6-14(17)13(16)9-11/h5-6,9,12H,2-4,7-8,10H2,1H3,(H2,18,19,20). The average molecular weight is 342 g/mol. The van der Waals surface area contributed by atoms with Gasteiger partial charge in [-0.05, 0) is 65.7 Å². The van der Waals surface area contributed by atoms with Crippen LogP contribution in [0, 0.1) is 11.7 Å². The Morgan fingerprint density at radius 1 is 1.40 bits per heavy atom. The maximum atomic E-state index is 13.1. The molecule has 0 saturated heterocycles. The van der Waals surface area contributed by atoms with Crippen molar-refractivity contribution in [2.24, 2.45) is 10.9 Å². The van der Waals surface area contributed by atoms with Crippen LogP contribution in [0.2, 0.25) is 0 Å². The Labute approximate surface area is 128 Å². The van der Waals surface area contributed by atoms with Crippen LogP contribution in [-0.2, 0) is 6.42 Å². The minimum absolute atomic E-state index is 0.221. The highest BCUT2D eigenvalue weighted by molar-refractivity contribution is 9.10. The second kappa shape index (κ2) is 7.62. The normalized spacial score (nSPS) is 15.2. The Morgan fingerprint density at radius 3 is 2.85 bits per heavy atom. The van der Waals surface area contributed by atoms with Crippen molar-refractivity contribution in [2.45, 2.75) is 26.2 Å². The second-order valence-corrected chi connectivity index (χ2v) is 5.94. The molecule has 1 aliphatic carbocycles. The van der Waals surface area contributed by atoms with Crippen molar-refractivity contribution in [2.75, 3.05) is 19.6 Å². The summed E-state index contributed by atoms with van der Waals surface area (Å²) in [6, 6.07) is 5.13. The van der Waals surface area contributed by atoms with Crippen molar-refractivity contribution < 1.29 is 4.39 Å². The van der Waals surface area contributed by atoms with Gasteiger partial charge in [0, 0.05) is 19.6 Å². The SMILES string of the molecule is CCNC(=NCC1CC1)NCCc1ccc(F)c(Br)c1. The highest BCUT2D eigenvalue weighted by Gasteiger charge is 2.20. The van der Waals surface area contributed by atoms with Gasteiger partial charge >= 0.3 is 0 Å². The quantitative estimate of drug-likeness (QED) is 0.616. The molecule has 0 atom stereocenters. The van der Waals surface area contributed by atoms with E-state index in [-0.39, 0.29) is 5.82 Å². The van der Waals surface area contributed by atoms with E-state index >= 15 is 0 Å². The van der Waals surface area contributed by atoms with Crippen LogP contribution in [-0.4, -0.2) is 25.6 Å². The van der Waals surface area contributed by atoms with Gasteiger partial charge in [0.1, 0.15) is 5.82 Å². The van der Waals surface area contributed by atoms with Crippen LogP contribution in [0.25, 0.3) is 0 Å². The first-order valence-corrected chi connectivity index (χ1v) is 7.94. The third-order valence-electron chi connectivity index (χ3n) is 3.24. The van der Waals surface area contributed by atoms with E-state index in [2.05, 4.69) is 38.5 Å². The summed E-state index contributed by atoms with van der Waals surface area (Å²) in [7, 11) is 0. The van der Waals surface area contributed by atoms with E-state index in [4.69, 9.17) is 0 Å². The largest absolute Gasteiger partial charge is 0.357 e. The van der Waals surface area contributed by atoms with Crippen molar-refractivity contribution >= 4 is 21.9 Å². The van der Waals surface area contributed by atoms with E-state index in [1.807, 2.05) is 12.1 Å². The summed E-state index contributed by atoms with van der Waals surface area (Å²) in [6.45, 7) is 4.62. The number of rotatable bonds is 6. The third kappa shape index (κ3) is 5.12. The topological polar surface area (TPSA) is 36.4 Å². The molecule has 0 unspecified atom stereocenters. The summed E-state index contributed by atoms with van der Waals surface area (Å²) in [4.78, 5) is 4.56. The highest BCUT2D eigenvalue weighted by atomic mass is 79.9. The lowest BCUT2D eigenvalue weighted by molar-refractivity contribution is 0.620. The first-order valence-electron chi connectivity index (χ1n) is 7.15. The van der Waals surface area contributed by atoms with E-state index in [1.54, 1.807) is 0 Å². The number of nitrogens with zero attached hydrogens (tertiary/aromatic N) is 1. The smallest absolute Gasteiger partial charge is 0.191 e. The molecule has 3 nitrogen and oxygen atoms in total. The maximum Gasteiger partial charge on any atom is 0.191 e. The van der Waals surface area contributed by atoms with Gasteiger partial charge in [-0.15, -0.1) is 0 Å². The van der Waals surface area contributed by atoms with Crippen LogP contribution < -0.4 is 10.6 Å². The molecule has 5 heteroatoms. The maximum absolute atomic E-state index is 13.1. The van der Waals surface area contributed by atoms with Crippen molar-refractivity contribution in [3.63, 3.8) is 0 Å². The molecular formula is C15H21BrFN3. The van der Waals surface area contributed by atoms with E-state index in [9.17, 15) is 4.39 Å². The first-order chi connectivity index (χ1) is 9.69. The molecule has 1 aromatic carbocycles. The van der Waals surface area contributed by atoms with Gasteiger partial charge in [0.05, 0.1) is 4.47 Å². The summed E-state index contributed by atoms with van der Waals surface area (Å²) in [6.07, 6.45) is 3.46. The monoisotopic (exact) mass is 341 g/mol. The van der Waals surface area contributed by atoms with Crippen LogP contribution in [0.3, 0.4) is 0 Å². The average Bonchev–Trinajstić information content (AvgIpc) is 3.24. The minimum Gasteiger partial charge on any atom is -0.357 e. The van der Waals surface area contributed by atoms with Crippen molar-refractivity contribution in [1.82, 2.24) is 10.6 Å². The molecule has 0 radical (unpaired) electrons. The summed E-state index contributed by atoms with van der Waals surface area (Å²) in [5, 5.41) is 6.56. The molecule has 0 spiro atoms. The Bertz CT molecular complexity index is 472. The van der Waals surface area contributed by atoms with Crippen molar-refractivity contribution in [1.29, 1.82) is 0 Å². The van der Waals surface area contributed by atoms with Crippen molar-refractivity contribution in [3.05, 3.63) is 34.1 Å². The molecule has 20 heavy (non-hydrogen) atoms. The fourth-order valence-electron chi connectivity index (χ4n) is 1.88. The van der Waals surface area contributed by atoms with Gasteiger partial charge in [-0.1, -0.05) is 6.07 Å². The van der Waals surface area contributed by atoms with Gasteiger partial charge in [-0.2, -0.15) is 0 Å². The molecule has 0 aromatic heterocycles. The van der Waals surface area contributed by atoms with E-state index < -0.39 is 0 Å². The van der Waals surface area contributed by atoms with Gasteiger partial charge in [-0.25, -0.2) is 4.39 Å². The summed E-state index contributed by atoms with van der Waals surface area (Å²) >= 11 is 3.21. The Morgan fingerprint density at radius 2 is 2.20 bits per heavy atom. The third-order valence-corrected chi connectivity index (χ3v) is 3.85. The van der Waals surface area contributed by atoms with Gasteiger partial charge in [0.25, 0.3) is 0 Å². The summed E-state index contributed by atoms with van der Waals surface area (Å²) < 4.78 is 13.7. The lowest BCUT2D eigenvalue weighted by Crippen LogP contribution is -2.38. The number of aliphatic imine (C=N–C) groups is 1. The van der Waals surface area contributed by atoms with E-state index in [0.29, 0.717) is 4.47 Å². The Balaban J connectivity index is 1.79. The molecule has 0 amide bonds. The molecule has 2 rings (SSSR count). The predicted molar refractivity (Wildman–Crippen MR) is 84.5 cm³/mol. The number of guanidine groups is 1. The summed E-state index contributed by atoms with van der Waals surface area (Å²) in [5.74, 6) is 1.44. The van der Waals surface area contributed by atoms with Crippen LogP contribution in [0.4, 0.5) is 4.39 Å². The van der Waals surface area contributed by atoms with Crippen LogP contribution in [0.1, 0.15) is 25.3 Å². The molecule has 0 heterocycles. The van der Waals surface area contributed by atoms with Gasteiger partial charge in [0.2, 0.25) is 0 Å². The van der Waals surface area contributed by atoms with Gasteiger partial charge < -0.3 is 10.6 Å². The van der Waals surface area contributed by atoms with Crippen LogP contribution in [0.15, 0.2) is 27.7 Å². The summed E-state index contributed by atoms with van der Waals surface area (Å²) in [5.41, 5.74) is 1.10. The second-order valence-electron chi connectivity index (χ2n) is 5.09. The fraction of sp³-hybridized carbons (Fsp3) is 0.533.